The molecule has 0 fully saturated rings. The molecule has 1 aromatic rings. The van der Waals surface area contributed by atoms with E-state index in [1.807, 2.05) is 23.5 Å². The molecule has 0 amide bonds. The van der Waals surface area contributed by atoms with E-state index < -0.39 is 42.1 Å². The van der Waals surface area contributed by atoms with Crippen LogP contribution in [0.1, 0.15) is 0 Å². The molecule has 22 heavy (non-hydrogen) atoms. The summed E-state index contributed by atoms with van der Waals surface area (Å²) in [5.74, 6) is 0.864. The van der Waals surface area contributed by atoms with Gasteiger partial charge in [0.25, 0.3) is 0 Å². The molecule has 1 heterocycles. The third-order valence-electron chi connectivity index (χ3n) is 3.99. The van der Waals surface area contributed by atoms with Crippen molar-refractivity contribution in [1.82, 2.24) is 0 Å². The van der Waals surface area contributed by atoms with Gasteiger partial charge in [0.1, 0.15) is 0 Å². The summed E-state index contributed by atoms with van der Waals surface area (Å²) in [4.78, 5) is 19.7. The molecule has 0 saturated heterocycles. The van der Waals surface area contributed by atoms with Gasteiger partial charge in [-0.25, -0.2) is 0 Å². The normalized spacial score (nSPS) is 24.5. The Morgan fingerprint density at radius 2 is 1.55 bits per heavy atom. The Hall–Kier alpha value is 1.22. The van der Waals surface area contributed by atoms with Gasteiger partial charge in [0.05, 0.1) is 0 Å². The maximum atomic E-state index is 6.04. The van der Waals surface area contributed by atoms with Crippen molar-refractivity contribution in [2.24, 2.45) is 10.00 Å². The van der Waals surface area contributed by atoms with E-state index in [2.05, 4.69) is 41.8 Å². The van der Waals surface area contributed by atoms with Crippen molar-refractivity contribution in [2.45, 2.75) is 30.5 Å². The number of benzene rings is 1. The second kappa shape index (κ2) is 6.50. The predicted octanol–water partition coefficient (Wildman–Crippen LogP) is 5.28. The molecule has 8 heteroatoms. The van der Waals surface area contributed by atoms with Crippen LogP contribution in [0.25, 0.3) is 0 Å². The molecule has 1 aliphatic heterocycles. The molecule has 1 aliphatic rings. The van der Waals surface area contributed by atoms with E-state index in [1.54, 1.807) is 7.11 Å². The van der Waals surface area contributed by atoms with Gasteiger partial charge < -0.3 is 0 Å². The van der Waals surface area contributed by atoms with Crippen LogP contribution in [0.5, 0.6) is 5.75 Å². The third kappa shape index (κ3) is 3.44. The second-order valence-electron chi connectivity index (χ2n) is 7.64. The molecule has 1 aromatic carbocycles. The van der Waals surface area contributed by atoms with E-state index in [-0.39, 0.29) is 0.903 Å². The molecule has 0 radical (unpaired) electrons. The zero-order valence-electron chi connectivity index (χ0n) is 14.4. The van der Waals surface area contributed by atoms with Gasteiger partial charge in [0.2, 0.25) is 0 Å². The number of nitrogens with zero attached hydrogens (tertiary/aromatic N) is 2. The first-order valence-corrected chi connectivity index (χ1v) is 31.5. The molecule has 0 bridgehead atoms. The van der Waals surface area contributed by atoms with E-state index in [0.717, 1.165) is 11.1 Å². The summed E-state index contributed by atoms with van der Waals surface area (Å²) in [6, 6.07) is 8.14. The van der Waals surface area contributed by atoms with Crippen molar-refractivity contribution in [3.63, 3.8) is 0 Å². The Kier molecular flexibility index (Phi) is 5.78. The minimum absolute atomic E-state index is 0.110. The first kappa shape index (κ1) is 19.5. The van der Waals surface area contributed by atoms with E-state index >= 15 is 0 Å². The Balaban J connectivity index is 2.45. The van der Waals surface area contributed by atoms with Crippen molar-refractivity contribution < 1.29 is 4.74 Å². The fourth-order valence-corrected chi connectivity index (χ4v) is 86.4. The molecule has 122 valence electrons. The first-order valence-electron chi connectivity index (χ1n) is 7.35. The van der Waals surface area contributed by atoms with Gasteiger partial charge in [0, 0.05) is 0 Å². The summed E-state index contributed by atoms with van der Waals surface area (Å²) in [7, 11) is 1.69. The quantitative estimate of drug-likeness (QED) is 0.366. The molecule has 0 aromatic heterocycles. The Morgan fingerprint density at radius 3 is 1.91 bits per heavy atom. The molecule has 1 atom stereocenters. The van der Waals surface area contributed by atoms with Gasteiger partial charge in [-0.1, -0.05) is 0 Å². The average molecular weight is 570 g/mol. The zero-order valence-corrected chi connectivity index (χ0v) is 22.6. The van der Waals surface area contributed by atoms with Crippen LogP contribution in [-0.2, 0) is 11.8 Å². The van der Waals surface area contributed by atoms with Crippen LogP contribution in [0.2, 0.25) is 29.6 Å². The van der Waals surface area contributed by atoms with Crippen molar-refractivity contribution in [3.8, 4) is 5.75 Å². The van der Waals surface area contributed by atoms with Crippen LogP contribution in [0, 0.1) is 0 Å². The monoisotopic (exact) mass is 572 g/mol. The Bertz CT molecular complexity index is 622. The molecular formula is C14H25N2OPS2Sn2. The average Bonchev–Trinajstić information content (AvgIpc) is 2.79. The fraction of sp³-hybridized carbons (Fsp3) is 0.571. The molecule has 2 rings (SSSR count). The van der Waals surface area contributed by atoms with E-state index in [0.29, 0.717) is 0 Å². The van der Waals surface area contributed by atoms with Crippen molar-refractivity contribution in [2.75, 3.05) is 7.11 Å². The van der Waals surface area contributed by atoms with Gasteiger partial charge in [-0.15, -0.1) is 0 Å². The summed E-state index contributed by atoms with van der Waals surface area (Å²) >= 11 is 3.36. The van der Waals surface area contributed by atoms with Crippen LogP contribution >= 0.6 is 16.8 Å². The summed E-state index contributed by atoms with van der Waals surface area (Å²) < 4.78 is 5.36. The third-order valence-corrected chi connectivity index (χ3v) is 63.6. The summed E-state index contributed by atoms with van der Waals surface area (Å²) in [6.45, 7) is 0. The van der Waals surface area contributed by atoms with Gasteiger partial charge in [-0.2, -0.15) is 0 Å². The first-order chi connectivity index (χ1) is 9.95. The van der Waals surface area contributed by atoms with Crippen LogP contribution in [0.4, 0.5) is 0 Å². The van der Waals surface area contributed by atoms with Gasteiger partial charge in [0.15, 0.2) is 0 Å². The van der Waals surface area contributed by atoms with Crippen molar-refractivity contribution >= 4 is 70.6 Å². The van der Waals surface area contributed by atoms with Gasteiger partial charge in [-0.05, 0) is 0 Å². The summed E-state index contributed by atoms with van der Waals surface area (Å²) in [5, 5.41) is 4.12. The topological polar surface area (TPSA) is 34.0 Å². The molecule has 1 unspecified atom stereocenters. The second-order valence-corrected chi connectivity index (χ2v) is 50.5. The predicted molar refractivity (Wildman–Crippen MR) is 109 cm³/mol. The number of methoxy groups -OCH3 is 1. The van der Waals surface area contributed by atoms with E-state index in [4.69, 9.17) is 26.5 Å². The Labute approximate surface area is 151 Å². The number of ether oxygens (including phenoxy) is 1. The van der Waals surface area contributed by atoms with Crippen molar-refractivity contribution in [1.29, 1.82) is 0 Å². The molecule has 3 nitrogen and oxygen atoms in total. The van der Waals surface area contributed by atoms with Gasteiger partial charge in [-0.3, -0.25) is 0 Å². The van der Waals surface area contributed by atoms with Crippen LogP contribution in [0.3, 0.4) is 0 Å². The minimum atomic E-state index is -2.33. The standard InChI is InChI=1S/C8H7N2OPS2.6CH3.2Sn/c1-11-7-2-4-8(5-3-7)12(13)10-9-6-14-12;;;;;;;;/h2-5H,1H3;6*1H3;;. The van der Waals surface area contributed by atoms with Crippen LogP contribution in [-0.4, -0.2) is 44.8 Å². The molecule has 0 N–H and O–H groups in total. The van der Waals surface area contributed by atoms with E-state index in [1.165, 1.54) is 0 Å². The van der Waals surface area contributed by atoms with Crippen molar-refractivity contribution in [3.05, 3.63) is 24.3 Å². The fourth-order valence-electron chi connectivity index (χ4n) is 2.91. The SMILES string of the molecule is COc1ccc(P2(=S)N=N[C]([Sn]([CH3])([CH3])[CH3])([Sn]([CH3])([CH3])[CH3])S2)cc1. The number of hydrogen-bond acceptors (Lipinski definition) is 4. The zero-order chi connectivity index (χ0) is 16.8. The summed E-state index contributed by atoms with van der Waals surface area (Å²) in [6.07, 6.45) is 0. The Morgan fingerprint density at radius 1 is 1.05 bits per heavy atom. The molecule has 0 spiro atoms. The molecular weight excluding hydrogens is 545 g/mol. The van der Waals surface area contributed by atoms with Crippen LogP contribution in [0.15, 0.2) is 34.3 Å². The van der Waals surface area contributed by atoms with Gasteiger partial charge >= 0.3 is 153 Å². The maximum absolute atomic E-state index is 6.04. The van der Waals surface area contributed by atoms with E-state index in [9.17, 15) is 0 Å². The number of rotatable bonds is 4. The van der Waals surface area contributed by atoms with Crippen LogP contribution < -0.4 is 10.0 Å². The molecule has 0 aliphatic carbocycles. The number of hydrogen-bond donors (Lipinski definition) is 0. The molecule has 0 saturated carbocycles. The summed E-state index contributed by atoms with van der Waals surface area (Å²) in [5.41, 5.74) is 0.